The Morgan fingerprint density at radius 1 is 1.50 bits per heavy atom. The molecular formula is C12H16N4O2. The van der Waals surface area contributed by atoms with E-state index in [9.17, 15) is 4.79 Å². The number of carbonyl (C=O) groups excluding carboxylic acids is 1. The molecule has 0 unspecified atom stereocenters. The van der Waals surface area contributed by atoms with Crippen molar-refractivity contribution in [3.05, 3.63) is 30.2 Å². The molecule has 2 aromatic rings. The van der Waals surface area contributed by atoms with Gasteiger partial charge in [0.15, 0.2) is 11.5 Å². The van der Waals surface area contributed by atoms with Gasteiger partial charge in [-0.3, -0.25) is 9.20 Å². The highest BCUT2D eigenvalue weighted by Gasteiger charge is 2.13. The van der Waals surface area contributed by atoms with Crippen LogP contribution in [0.2, 0.25) is 0 Å². The summed E-state index contributed by atoms with van der Waals surface area (Å²) in [7, 11) is 0. The third kappa shape index (κ3) is 2.65. The van der Waals surface area contributed by atoms with E-state index < -0.39 is 6.10 Å². The lowest BCUT2D eigenvalue weighted by atomic mass is 10.3. The molecule has 0 radical (unpaired) electrons. The number of nitrogens with zero attached hydrogens (tertiary/aromatic N) is 3. The Morgan fingerprint density at radius 3 is 3.11 bits per heavy atom. The van der Waals surface area contributed by atoms with Crippen LogP contribution >= 0.6 is 0 Å². The van der Waals surface area contributed by atoms with Crippen LogP contribution in [0.5, 0.6) is 0 Å². The monoisotopic (exact) mass is 248 g/mol. The molecule has 2 aromatic heterocycles. The molecule has 1 N–H and O–H groups in total. The van der Waals surface area contributed by atoms with E-state index in [2.05, 4.69) is 15.5 Å². The number of pyridine rings is 1. The summed E-state index contributed by atoms with van der Waals surface area (Å²) in [6, 6.07) is 5.65. The molecule has 6 nitrogen and oxygen atoms in total. The first-order valence-corrected chi connectivity index (χ1v) is 5.90. The van der Waals surface area contributed by atoms with Gasteiger partial charge in [0, 0.05) is 12.8 Å². The maximum atomic E-state index is 11.7. The molecule has 0 aromatic carbocycles. The summed E-state index contributed by atoms with van der Waals surface area (Å²) in [6.45, 7) is 4.43. The van der Waals surface area contributed by atoms with Gasteiger partial charge in [-0.25, -0.2) is 0 Å². The fourth-order valence-electron chi connectivity index (χ4n) is 1.65. The fraction of sp³-hybridized carbons (Fsp3) is 0.417. The SMILES string of the molecule is CCO[C@@H](C)C(=O)NCc1nnc2ccccn12. The molecule has 0 fully saturated rings. The smallest absolute Gasteiger partial charge is 0.249 e. The lowest BCUT2D eigenvalue weighted by Crippen LogP contribution is -2.34. The third-order valence-corrected chi connectivity index (χ3v) is 2.59. The van der Waals surface area contributed by atoms with E-state index in [1.54, 1.807) is 6.92 Å². The normalized spacial score (nSPS) is 12.6. The van der Waals surface area contributed by atoms with Crippen molar-refractivity contribution < 1.29 is 9.53 Å². The number of hydrogen-bond acceptors (Lipinski definition) is 4. The van der Waals surface area contributed by atoms with E-state index in [0.29, 0.717) is 19.0 Å². The van der Waals surface area contributed by atoms with Gasteiger partial charge in [0.1, 0.15) is 6.10 Å². The summed E-state index contributed by atoms with van der Waals surface area (Å²) in [4.78, 5) is 11.7. The van der Waals surface area contributed by atoms with Crippen LogP contribution in [-0.4, -0.2) is 33.2 Å². The van der Waals surface area contributed by atoms with Crippen LogP contribution in [-0.2, 0) is 16.1 Å². The van der Waals surface area contributed by atoms with Crippen molar-refractivity contribution in [2.24, 2.45) is 0 Å². The average Bonchev–Trinajstić information content (AvgIpc) is 2.79. The molecule has 0 aliphatic rings. The Kier molecular flexibility index (Phi) is 3.88. The number of rotatable bonds is 5. The van der Waals surface area contributed by atoms with E-state index >= 15 is 0 Å². The number of ether oxygens (including phenoxy) is 1. The highest BCUT2D eigenvalue weighted by atomic mass is 16.5. The van der Waals surface area contributed by atoms with Gasteiger partial charge in [0.05, 0.1) is 6.54 Å². The van der Waals surface area contributed by atoms with Crippen molar-refractivity contribution in [2.75, 3.05) is 6.61 Å². The van der Waals surface area contributed by atoms with Gasteiger partial charge in [-0.05, 0) is 26.0 Å². The van der Waals surface area contributed by atoms with Crippen molar-refractivity contribution in [2.45, 2.75) is 26.5 Å². The number of fused-ring (bicyclic) bond motifs is 1. The average molecular weight is 248 g/mol. The number of carbonyl (C=O) groups is 1. The van der Waals surface area contributed by atoms with Crippen LogP contribution in [0.15, 0.2) is 24.4 Å². The van der Waals surface area contributed by atoms with Gasteiger partial charge >= 0.3 is 0 Å². The van der Waals surface area contributed by atoms with Crippen LogP contribution in [0.25, 0.3) is 5.65 Å². The van der Waals surface area contributed by atoms with Gasteiger partial charge in [-0.15, -0.1) is 10.2 Å². The molecular weight excluding hydrogens is 232 g/mol. The molecule has 0 aliphatic carbocycles. The first-order valence-electron chi connectivity index (χ1n) is 5.90. The standard InChI is InChI=1S/C12H16N4O2/c1-3-18-9(2)12(17)13-8-11-15-14-10-6-4-5-7-16(10)11/h4-7,9H,3,8H2,1-2H3,(H,13,17)/t9-/m0/s1. The van der Waals surface area contributed by atoms with E-state index in [1.807, 2.05) is 35.7 Å². The van der Waals surface area contributed by atoms with Gasteiger partial charge < -0.3 is 10.1 Å². The Balaban J connectivity index is 2.00. The first-order chi connectivity index (χ1) is 8.72. The molecule has 6 heteroatoms. The lowest BCUT2D eigenvalue weighted by molar-refractivity contribution is -0.131. The summed E-state index contributed by atoms with van der Waals surface area (Å²) in [5, 5.41) is 10.8. The van der Waals surface area contributed by atoms with Crippen molar-refractivity contribution in [3.8, 4) is 0 Å². The van der Waals surface area contributed by atoms with Crippen molar-refractivity contribution in [1.29, 1.82) is 0 Å². The molecule has 1 amide bonds. The Hall–Kier alpha value is -1.95. The highest BCUT2D eigenvalue weighted by Crippen LogP contribution is 2.02. The van der Waals surface area contributed by atoms with E-state index in [0.717, 1.165) is 5.65 Å². The van der Waals surface area contributed by atoms with Crippen molar-refractivity contribution in [1.82, 2.24) is 19.9 Å². The molecule has 0 spiro atoms. The summed E-state index contributed by atoms with van der Waals surface area (Å²) in [6.07, 6.45) is 1.41. The molecule has 0 saturated heterocycles. The van der Waals surface area contributed by atoms with Crippen LogP contribution in [0.4, 0.5) is 0 Å². The van der Waals surface area contributed by atoms with E-state index in [-0.39, 0.29) is 5.91 Å². The van der Waals surface area contributed by atoms with Gasteiger partial charge in [0.2, 0.25) is 5.91 Å². The summed E-state index contributed by atoms with van der Waals surface area (Å²) < 4.78 is 7.05. The quantitative estimate of drug-likeness (QED) is 0.848. The maximum Gasteiger partial charge on any atom is 0.249 e. The molecule has 96 valence electrons. The van der Waals surface area contributed by atoms with Crippen molar-refractivity contribution >= 4 is 11.6 Å². The minimum atomic E-state index is -0.450. The molecule has 0 saturated carbocycles. The lowest BCUT2D eigenvalue weighted by Gasteiger charge is -2.11. The number of hydrogen-bond donors (Lipinski definition) is 1. The Morgan fingerprint density at radius 2 is 2.33 bits per heavy atom. The number of amides is 1. The number of nitrogens with one attached hydrogen (secondary N) is 1. The predicted molar refractivity (Wildman–Crippen MR) is 65.9 cm³/mol. The highest BCUT2D eigenvalue weighted by molar-refractivity contribution is 5.80. The Labute approximate surface area is 105 Å². The molecule has 2 heterocycles. The molecule has 1 atom stereocenters. The third-order valence-electron chi connectivity index (χ3n) is 2.59. The minimum Gasteiger partial charge on any atom is -0.369 e. The van der Waals surface area contributed by atoms with Crippen LogP contribution in [0.3, 0.4) is 0 Å². The van der Waals surface area contributed by atoms with Gasteiger partial charge in [-0.1, -0.05) is 6.07 Å². The Bertz CT molecular complexity index is 538. The summed E-state index contributed by atoms with van der Waals surface area (Å²) in [5.41, 5.74) is 0.764. The zero-order valence-electron chi connectivity index (χ0n) is 10.5. The second-order valence-electron chi connectivity index (χ2n) is 3.86. The second kappa shape index (κ2) is 5.59. The van der Waals surface area contributed by atoms with Crippen LogP contribution < -0.4 is 5.32 Å². The van der Waals surface area contributed by atoms with Crippen molar-refractivity contribution in [3.63, 3.8) is 0 Å². The first kappa shape index (κ1) is 12.5. The zero-order valence-corrected chi connectivity index (χ0v) is 10.5. The van der Waals surface area contributed by atoms with Crippen LogP contribution in [0, 0.1) is 0 Å². The molecule has 18 heavy (non-hydrogen) atoms. The van der Waals surface area contributed by atoms with E-state index in [4.69, 9.17) is 4.74 Å². The van der Waals surface area contributed by atoms with Gasteiger partial charge in [-0.2, -0.15) is 0 Å². The van der Waals surface area contributed by atoms with Crippen LogP contribution in [0.1, 0.15) is 19.7 Å². The second-order valence-corrected chi connectivity index (χ2v) is 3.86. The largest absolute Gasteiger partial charge is 0.369 e. The maximum absolute atomic E-state index is 11.7. The zero-order chi connectivity index (χ0) is 13.0. The fourth-order valence-corrected chi connectivity index (χ4v) is 1.65. The van der Waals surface area contributed by atoms with E-state index in [1.165, 1.54) is 0 Å². The molecule has 0 bridgehead atoms. The predicted octanol–water partition coefficient (Wildman–Crippen LogP) is 0.770. The van der Waals surface area contributed by atoms with Gasteiger partial charge in [0.25, 0.3) is 0 Å². The summed E-state index contributed by atoms with van der Waals surface area (Å²) >= 11 is 0. The number of aromatic nitrogens is 3. The minimum absolute atomic E-state index is 0.149. The molecule has 0 aliphatic heterocycles. The topological polar surface area (TPSA) is 68.5 Å². The molecule has 2 rings (SSSR count). The summed E-state index contributed by atoms with van der Waals surface area (Å²) in [5.74, 6) is 0.548.